The fourth-order valence-corrected chi connectivity index (χ4v) is 3.55. The Bertz CT molecular complexity index is 666. The highest BCUT2D eigenvalue weighted by Gasteiger charge is 2.15. The van der Waals surface area contributed by atoms with Gasteiger partial charge in [0.1, 0.15) is 0 Å². The van der Waals surface area contributed by atoms with Crippen molar-refractivity contribution in [2.24, 2.45) is 0 Å². The van der Waals surface area contributed by atoms with Crippen LogP contribution in [0.4, 0.5) is 10.8 Å². The summed E-state index contributed by atoms with van der Waals surface area (Å²) in [5.41, 5.74) is 2.65. The van der Waals surface area contributed by atoms with Crippen molar-refractivity contribution >= 4 is 51.3 Å². The normalized spacial score (nSPS) is 15.0. The van der Waals surface area contributed by atoms with Crippen LogP contribution in [0.1, 0.15) is 19.3 Å². The van der Waals surface area contributed by atoms with Gasteiger partial charge >= 0.3 is 0 Å². The van der Waals surface area contributed by atoms with Gasteiger partial charge in [-0.2, -0.15) is 0 Å². The number of carbonyl (C=O) groups is 1. The lowest BCUT2D eigenvalue weighted by Gasteiger charge is -2.25. The molecule has 1 aromatic heterocycles. The molecular formula is C16H17Cl2N3OS. The highest BCUT2D eigenvalue weighted by atomic mass is 35.5. The molecule has 1 N–H and O–H groups in total. The maximum Gasteiger partial charge on any atom is 0.257 e. The van der Waals surface area contributed by atoms with E-state index >= 15 is 0 Å². The molecule has 1 aliphatic heterocycles. The summed E-state index contributed by atoms with van der Waals surface area (Å²) in [7, 11) is 0. The molecule has 0 spiro atoms. The number of hydrogen-bond donors (Lipinski definition) is 1. The van der Waals surface area contributed by atoms with Crippen LogP contribution in [0.3, 0.4) is 0 Å². The van der Waals surface area contributed by atoms with Crippen LogP contribution in [0.15, 0.2) is 29.6 Å². The van der Waals surface area contributed by atoms with Gasteiger partial charge in [-0.05, 0) is 31.4 Å². The molecule has 2 heterocycles. The summed E-state index contributed by atoms with van der Waals surface area (Å²) in [5.74, 6) is -0.429. The lowest BCUT2D eigenvalue weighted by atomic mass is 10.1. The minimum atomic E-state index is -1.07. The number of carbonyl (C=O) groups excluding carboxylic acids is 1. The van der Waals surface area contributed by atoms with E-state index in [1.54, 1.807) is 11.3 Å². The van der Waals surface area contributed by atoms with Gasteiger partial charge < -0.3 is 10.2 Å². The third-order valence-electron chi connectivity index (χ3n) is 3.77. The molecule has 1 saturated heterocycles. The zero-order chi connectivity index (χ0) is 16.2. The number of nitrogens with zero attached hydrogens (tertiary/aromatic N) is 2. The number of aromatic nitrogens is 1. The summed E-state index contributed by atoms with van der Waals surface area (Å²) in [6.07, 6.45) is 3.80. The Morgan fingerprint density at radius 3 is 2.52 bits per heavy atom. The standard InChI is InChI=1S/C16H17Cl2N3OS/c17-14(18)15(22)19-12-6-4-11(5-7-12)13-10-23-16(20-13)21-8-2-1-3-9-21/h4-7,10,14H,1-3,8-9H2,(H,19,22). The first kappa shape index (κ1) is 16.6. The van der Waals surface area contributed by atoms with Crippen molar-refractivity contribution in [2.75, 3.05) is 23.3 Å². The van der Waals surface area contributed by atoms with E-state index in [2.05, 4.69) is 15.6 Å². The van der Waals surface area contributed by atoms with E-state index in [1.807, 2.05) is 24.3 Å². The molecule has 0 aliphatic carbocycles. The van der Waals surface area contributed by atoms with Crippen LogP contribution in [-0.4, -0.2) is 28.8 Å². The van der Waals surface area contributed by atoms with E-state index in [0.29, 0.717) is 5.69 Å². The Balaban J connectivity index is 1.70. The minimum absolute atomic E-state index is 0.429. The number of anilines is 2. The van der Waals surface area contributed by atoms with Gasteiger partial charge in [0.2, 0.25) is 0 Å². The molecule has 0 saturated carbocycles. The second kappa shape index (κ2) is 7.51. The van der Waals surface area contributed by atoms with Crippen molar-refractivity contribution in [1.29, 1.82) is 0 Å². The Morgan fingerprint density at radius 1 is 1.17 bits per heavy atom. The Labute approximate surface area is 149 Å². The SMILES string of the molecule is O=C(Nc1ccc(-c2csc(N3CCCCC3)n2)cc1)C(Cl)Cl. The van der Waals surface area contributed by atoms with Crippen LogP contribution in [0, 0.1) is 0 Å². The van der Waals surface area contributed by atoms with E-state index in [9.17, 15) is 4.79 Å². The first-order valence-corrected chi connectivity index (χ1v) is 9.28. The molecular weight excluding hydrogens is 353 g/mol. The highest BCUT2D eigenvalue weighted by molar-refractivity contribution is 7.14. The molecule has 23 heavy (non-hydrogen) atoms. The van der Waals surface area contributed by atoms with E-state index in [-0.39, 0.29) is 0 Å². The van der Waals surface area contributed by atoms with Gasteiger partial charge in [0.15, 0.2) is 9.97 Å². The average molecular weight is 370 g/mol. The number of thiazole rings is 1. The molecule has 122 valence electrons. The van der Waals surface area contributed by atoms with E-state index in [4.69, 9.17) is 28.2 Å². The quantitative estimate of drug-likeness (QED) is 0.804. The minimum Gasteiger partial charge on any atom is -0.348 e. The third kappa shape index (κ3) is 4.16. The van der Waals surface area contributed by atoms with Gasteiger partial charge in [0.05, 0.1) is 5.69 Å². The third-order valence-corrected chi connectivity index (χ3v) is 5.06. The number of alkyl halides is 2. The summed E-state index contributed by atoms with van der Waals surface area (Å²) in [6, 6.07) is 7.51. The Kier molecular flexibility index (Phi) is 5.41. The molecule has 1 amide bonds. The lowest BCUT2D eigenvalue weighted by molar-refractivity contribution is -0.114. The van der Waals surface area contributed by atoms with Gasteiger partial charge in [0.25, 0.3) is 5.91 Å². The number of nitrogens with one attached hydrogen (secondary N) is 1. The van der Waals surface area contributed by atoms with E-state index < -0.39 is 10.7 Å². The summed E-state index contributed by atoms with van der Waals surface area (Å²) in [4.78, 5) is 17.5. The summed E-state index contributed by atoms with van der Waals surface area (Å²) < 4.78 is 0. The van der Waals surface area contributed by atoms with E-state index in [1.165, 1.54) is 19.3 Å². The van der Waals surface area contributed by atoms with Crippen molar-refractivity contribution in [3.63, 3.8) is 0 Å². The van der Waals surface area contributed by atoms with Gasteiger partial charge in [-0.1, -0.05) is 35.3 Å². The topological polar surface area (TPSA) is 45.2 Å². The van der Waals surface area contributed by atoms with Crippen LogP contribution in [-0.2, 0) is 4.79 Å². The lowest BCUT2D eigenvalue weighted by Crippen LogP contribution is -2.29. The molecule has 1 aromatic carbocycles. The van der Waals surface area contributed by atoms with Crippen molar-refractivity contribution in [2.45, 2.75) is 24.1 Å². The molecule has 7 heteroatoms. The molecule has 1 fully saturated rings. The zero-order valence-electron chi connectivity index (χ0n) is 12.5. The van der Waals surface area contributed by atoms with Crippen molar-refractivity contribution in [3.05, 3.63) is 29.6 Å². The van der Waals surface area contributed by atoms with Crippen LogP contribution in [0.2, 0.25) is 0 Å². The van der Waals surface area contributed by atoms with Crippen molar-refractivity contribution < 1.29 is 4.79 Å². The first-order valence-electron chi connectivity index (χ1n) is 7.53. The summed E-state index contributed by atoms with van der Waals surface area (Å²) in [6.45, 7) is 2.19. The monoisotopic (exact) mass is 369 g/mol. The highest BCUT2D eigenvalue weighted by Crippen LogP contribution is 2.29. The van der Waals surface area contributed by atoms with Gasteiger partial charge in [-0.25, -0.2) is 4.98 Å². The van der Waals surface area contributed by atoms with Crippen molar-refractivity contribution in [3.8, 4) is 11.3 Å². The van der Waals surface area contributed by atoms with Crippen LogP contribution in [0.25, 0.3) is 11.3 Å². The fraction of sp³-hybridized carbons (Fsp3) is 0.375. The molecule has 0 radical (unpaired) electrons. The maximum atomic E-state index is 11.5. The molecule has 0 unspecified atom stereocenters. The second-order valence-corrected chi connectivity index (χ2v) is 7.36. The van der Waals surface area contributed by atoms with Crippen LogP contribution < -0.4 is 10.2 Å². The first-order chi connectivity index (χ1) is 11.1. The zero-order valence-corrected chi connectivity index (χ0v) is 14.8. The number of piperidine rings is 1. The predicted octanol–water partition coefficient (Wildman–Crippen LogP) is 4.54. The average Bonchev–Trinajstić information content (AvgIpc) is 3.06. The maximum absolute atomic E-state index is 11.5. The van der Waals surface area contributed by atoms with E-state index in [0.717, 1.165) is 29.5 Å². The molecule has 0 atom stereocenters. The number of hydrogen-bond acceptors (Lipinski definition) is 4. The van der Waals surface area contributed by atoms with Crippen LogP contribution >= 0.6 is 34.5 Å². The smallest absolute Gasteiger partial charge is 0.257 e. The Hall–Kier alpha value is -1.30. The largest absolute Gasteiger partial charge is 0.348 e. The molecule has 2 aromatic rings. The van der Waals surface area contributed by atoms with Gasteiger partial charge in [0, 0.05) is 29.7 Å². The molecule has 3 rings (SSSR count). The van der Waals surface area contributed by atoms with Crippen molar-refractivity contribution in [1.82, 2.24) is 4.98 Å². The van der Waals surface area contributed by atoms with Crippen LogP contribution in [0.5, 0.6) is 0 Å². The molecule has 0 bridgehead atoms. The second-order valence-electron chi connectivity index (χ2n) is 5.43. The fourth-order valence-electron chi connectivity index (χ4n) is 2.55. The molecule has 1 aliphatic rings. The Morgan fingerprint density at radius 2 is 1.87 bits per heavy atom. The summed E-state index contributed by atoms with van der Waals surface area (Å²) >= 11 is 12.7. The summed E-state index contributed by atoms with van der Waals surface area (Å²) in [5, 5.41) is 5.81. The van der Waals surface area contributed by atoms with Gasteiger partial charge in [-0.15, -0.1) is 11.3 Å². The predicted molar refractivity (Wildman–Crippen MR) is 97.7 cm³/mol. The number of benzene rings is 1. The number of halogens is 2. The van der Waals surface area contributed by atoms with Gasteiger partial charge in [-0.3, -0.25) is 4.79 Å². The number of rotatable bonds is 4. The molecule has 4 nitrogen and oxygen atoms in total. The number of amides is 1.